The lowest BCUT2D eigenvalue weighted by Crippen LogP contribution is -2.31. The highest BCUT2D eigenvalue weighted by molar-refractivity contribution is 8.00. The van der Waals surface area contributed by atoms with Gasteiger partial charge in [-0.05, 0) is 54.5 Å². The van der Waals surface area contributed by atoms with Crippen LogP contribution in [-0.4, -0.2) is 22.0 Å². The average Bonchev–Trinajstić information content (AvgIpc) is 3.24. The van der Waals surface area contributed by atoms with Crippen LogP contribution in [0.15, 0.2) is 35.4 Å². The van der Waals surface area contributed by atoms with Crippen molar-refractivity contribution in [3.05, 3.63) is 52.7 Å². The first kappa shape index (κ1) is 18.7. The molecule has 28 heavy (non-hydrogen) atoms. The number of nitriles is 1. The van der Waals surface area contributed by atoms with E-state index in [0.29, 0.717) is 22.2 Å². The normalized spacial score (nSPS) is 18.6. The van der Waals surface area contributed by atoms with Crippen LogP contribution in [0, 0.1) is 11.3 Å². The number of carbonyl (C=O) groups excluding carboxylic acids is 2. The van der Waals surface area contributed by atoms with Gasteiger partial charge in [-0.1, -0.05) is 37.7 Å². The lowest BCUT2D eigenvalue weighted by Gasteiger charge is -2.16. The number of amides is 2. The van der Waals surface area contributed by atoms with E-state index in [9.17, 15) is 14.9 Å². The number of hydrogen-bond donors (Lipinski definition) is 0. The largest absolute Gasteiger partial charge is 0.274 e. The van der Waals surface area contributed by atoms with Gasteiger partial charge in [0.05, 0.1) is 16.5 Å². The Hall–Kier alpha value is -2.65. The van der Waals surface area contributed by atoms with Crippen LogP contribution in [0.1, 0.15) is 55.0 Å². The van der Waals surface area contributed by atoms with Crippen molar-refractivity contribution >= 4 is 29.3 Å². The molecule has 0 radical (unpaired) electrons. The topological polar surface area (TPSA) is 74.1 Å². The van der Waals surface area contributed by atoms with Crippen LogP contribution < -0.4 is 4.90 Å². The molecule has 2 heterocycles. The Morgan fingerprint density at radius 1 is 1.21 bits per heavy atom. The van der Waals surface area contributed by atoms with E-state index < -0.39 is 5.25 Å². The second kappa shape index (κ2) is 7.40. The van der Waals surface area contributed by atoms with Crippen molar-refractivity contribution < 1.29 is 9.59 Å². The predicted octanol–water partition coefficient (Wildman–Crippen LogP) is 3.99. The van der Waals surface area contributed by atoms with E-state index in [4.69, 9.17) is 0 Å². The zero-order chi connectivity index (χ0) is 19.8. The summed E-state index contributed by atoms with van der Waals surface area (Å²) in [6.45, 7) is 4.20. The molecule has 1 aromatic carbocycles. The smallest absolute Gasteiger partial charge is 0.247 e. The van der Waals surface area contributed by atoms with E-state index in [-0.39, 0.29) is 18.2 Å². The minimum atomic E-state index is -0.545. The molecule has 2 aliphatic rings. The van der Waals surface area contributed by atoms with Crippen molar-refractivity contribution in [1.82, 2.24) is 4.98 Å². The summed E-state index contributed by atoms with van der Waals surface area (Å²) in [6.07, 6.45) is 3.02. The number of hydrogen-bond acceptors (Lipinski definition) is 5. The standard InChI is InChI=1S/C22H21N3O2S/c1-13(2)14-6-8-17(9-7-14)25-20(26)11-19(22(25)27)28-21-16(12-23)10-15-4-3-5-18(15)24-21/h6-10,13,19H,3-5,11H2,1-2H3. The van der Waals surface area contributed by atoms with Crippen LogP contribution >= 0.6 is 11.8 Å². The van der Waals surface area contributed by atoms with E-state index in [1.54, 1.807) is 0 Å². The number of carbonyl (C=O) groups is 2. The van der Waals surface area contributed by atoms with Crippen LogP contribution in [0.25, 0.3) is 0 Å². The molecule has 142 valence electrons. The monoisotopic (exact) mass is 391 g/mol. The number of nitrogens with zero attached hydrogens (tertiary/aromatic N) is 3. The highest BCUT2D eigenvalue weighted by Gasteiger charge is 2.41. The zero-order valence-electron chi connectivity index (χ0n) is 15.9. The second-order valence-electron chi connectivity index (χ2n) is 7.54. The quantitative estimate of drug-likeness (QED) is 0.737. The lowest BCUT2D eigenvalue weighted by molar-refractivity contribution is -0.121. The van der Waals surface area contributed by atoms with Crippen molar-refractivity contribution in [3.8, 4) is 6.07 Å². The third kappa shape index (κ3) is 3.31. The average molecular weight is 391 g/mol. The molecule has 1 saturated heterocycles. The molecule has 1 aromatic heterocycles. The Kier molecular flexibility index (Phi) is 4.94. The maximum Gasteiger partial charge on any atom is 0.247 e. The number of imide groups is 1. The number of thioether (sulfide) groups is 1. The first-order valence-corrected chi connectivity index (χ1v) is 10.4. The molecule has 5 nitrogen and oxygen atoms in total. The molecule has 1 aliphatic carbocycles. The summed E-state index contributed by atoms with van der Waals surface area (Å²) in [6, 6.07) is 11.6. The maximum atomic E-state index is 12.9. The van der Waals surface area contributed by atoms with Gasteiger partial charge in [0.1, 0.15) is 11.1 Å². The summed E-state index contributed by atoms with van der Waals surface area (Å²) < 4.78 is 0. The van der Waals surface area contributed by atoms with Crippen LogP contribution in [0.3, 0.4) is 0 Å². The molecule has 1 aliphatic heterocycles. The Bertz CT molecular complexity index is 992. The molecular formula is C22H21N3O2S. The predicted molar refractivity (Wildman–Crippen MR) is 108 cm³/mol. The van der Waals surface area contributed by atoms with E-state index in [2.05, 4.69) is 24.9 Å². The van der Waals surface area contributed by atoms with Crippen molar-refractivity contribution in [2.24, 2.45) is 0 Å². The minimum Gasteiger partial charge on any atom is -0.274 e. The second-order valence-corrected chi connectivity index (χ2v) is 8.73. The fourth-order valence-electron chi connectivity index (χ4n) is 3.73. The van der Waals surface area contributed by atoms with Gasteiger partial charge in [-0.15, -0.1) is 0 Å². The SMILES string of the molecule is CC(C)c1ccc(N2C(=O)CC(Sc3nc4c(cc3C#N)CCC4)C2=O)cc1. The van der Waals surface area contributed by atoms with Gasteiger partial charge in [0.2, 0.25) is 11.8 Å². The van der Waals surface area contributed by atoms with Crippen LogP contribution in [0.5, 0.6) is 0 Å². The summed E-state index contributed by atoms with van der Waals surface area (Å²) in [5.41, 5.74) is 4.39. The van der Waals surface area contributed by atoms with Crippen molar-refractivity contribution in [2.75, 3.05) is 4.90 Å². The first-order valence-electron chi connectivity index (χ1n) is 9.54. The van der Waals surface area contributed by atoms with Gasteiger partial charge in [-0.3, -0.25) is 9.59 Å². The number of anilines is 1. The molecule has 0 bridgehead atoms. The highest BCUT2D eigenvalue weighted by Crippen LogP contribution is 2.36. The van der Waals surface area contributed by atoms with E-state index in [1.807, 2.05) is 30.3 Å². The summed E-state index contributed by atoms with van der Waals surface area (Å²) in [7, 11) is 0. The van der Waals surface area contributed by atoms with Gasteiger partial charge in [-0.25, -0.2) is 9.88 Å². The fourth-order valence-corrected chi connectivity index (χ4v) is 4.83. The molecule has 1 fully saturated rings. The summed E-state index contributed by atoms with van der Waals surface area (Å²) >= 11 is 1.24. The number of rotatable bonds is 4. The van der Waals surface area contributed by atoms with E-state index in [0.717, 1.165) is 36.1 Å². The molecule has 0 saturated carbocycles. The molecular weight excluding hydrogens is 370 g/mol. The number of fused-ring (bicyclic) bond motifs is 1. The minimum absolute atomic E-state index is 0.124. The third-order valence-corrected chi connectivity index (χ3v) is 6.50. The molecule has 2 aromatic rings. The Balaban J connectivity index is 1.57. The Labute approximate surface area is 168 Å². The van der Waals surface area contributed by atoms with Gasteiger partial charge >= 0.3 is 0 Å². The molecule has 4 rings (SSSR count). The van der Waals surface area contributed by atoms with Gasteiger partial charge in [0, 0.05) is 12.1 Å². The highest BCUT2D eigenvalue weighted by atomic mass is 32.2. The summed E-state index contributed by atoms with van der Waals surface area (Å²) in [4.78, 5) is 31.4. The lowest BCUT2D eigenvalue weighted by atomic mass is 10.0. The van der Waals surface area contributed by atoms with Gasteiger partial charge < -0.3 is 0 Å². The van der Waals surface area contributed by atoms with Crippen LogP contribution in [0.2, 0.25) is 0 Å². The summed E-state index contributed by atoms with van der Waals surface area (Å²) in [5.74, 6) is -0.0597. The van der Waals surface area contributed by atoms with Crippen molar-refractivity contribution in [1.29, 1.82) is 5.26 Å². The molecule has 2 amide bonds. The fraction of sp³-hybridized carbons (Fsp3) is 0.364. The molecule has 6 heteroatoms. The molecule has 0 spiro atoms. The van der Waals surface area contributed by atoms with E-state index in [1.165, 1.54) is 16.7 Å². The van der Waals surface area contributed by atoms with Gasteiger partial charge in [0.25, 0.3) is 0 Å². The Morgan fingerprint density at radius 2 is 1.96 bits per heavy atom. The zero-order valence-corrected chi connectivity index (χ0v) is 16.8. The van der Waals surface area contributed by atoms with Crippen molar-refractivity contribution in [2.45, 2.75) is 55.7 Å². The van der Waals surface area contributed by atoms with Crippen LogP contribution in [-0.2, 0) is 22.4 Å². The molecule has 1 unspecified atom stereocenters. The summed E-state index contributed by atoms with van der Waals surface area (Å²) in [5, 5.41) is 9.49. The van der Waals surface area contributed by atoms with Crippen molar-refractivity contribution in [3.63, 3.8) is 0 Å². The van der Waals surface area contributed by atoms with E-state index >= 15 is 0 Å². The number of aromatic nitrogens is 1. The molecule has 1 atom stereocenters. The maximum absolute atomic E-state index is 12.9. The van der Waals surface area contributed by atoms with Gasteiger partial charge in [0.15, 0.2) is 0 Å². The molecule has 0 N–H and O–H groups in total. The van der Waals surface area contributed by atoms with Crippen LogP contribution in [0.4, 0.5) is 5.69 Å². The Morgan fingerprint density at radius 3 is 2.64 bits per heavy atom. The number of aryl methyl sites for hydroxylation is 2. The third-order valence-electron chi connectivity index (χ3n) is 5.31. The number of benzene rings is 1. The van der Waals surface area contributed by atoms with Gasteiger partial charge in [-0.2, -0.15) is 5.26 Å². The number of pyridine rings is 1. The first-order chi connectivity index (χ1) is 13.5.